The Bertz CT molecular complexity index is 1030. The third kappa shape index (κ3) is 15.3. The maximum atomic E-state index is 12.2. The summed E-state index contributed by atoms with van der Waals surface area (Å²) in [6, 6.07) is 0. The van der Waals surface area contributed by atoms with E-state index in [1.165, 1.54) is 101 Å². The van der Waals surface area contributed by atoms with Crippen molar-refractivity contribution in [2.75, 3.05) is 38.3 Å². The molecule has 0 aliphatic rings. The van der Waals surface area contributed by atoms with E-state index in [1.807, 2.05) is 0 Å². The van der Waals surface area contributed by atoms with Crippen LogP contribution in [0.4, 0.5) is 5.95 Å². The largest absolute Gasteiger partial charge is 0.379 e. The van der Waals surface area contributed by atoms with E-state index in [0.29, 0.717) is 6.61 Å². The van der Waals surface area contributed by atoms with Gasteiger partial charge in [-0.2, -0.15) is 4.98 Å². The molecule has 12 heteroatoms. The number of aromatic nitrogens is 4. The molecule has 0 amide bonds. The van der Waals surface area contributed by atoms with Crippen LogP contribution in [0.1, 0.15) is 110 Å². The van der Waals surface area contributed by atoms with Crippen LogP contribution in [0.2, 0.25) is 0 Å². The van der Waals surface area contributed by atoms with Crippen molar-refractivity contribution in [3.8, 4) is 0 Å². The number of anilines is 1. The van der Waals surface area contributed by atoms with Gasteiger partial charge in [0.25, 0.3) is 5.56 Å². The molecule has 0 aliphatic heterocycles. The second-order valence-corrected chi connectivity index (χ2v) is 12.5. The Kier molecular flexibility index (Phi) is 18.1. The van der Waals surface area contributed by atoms with Gasteiger partial charge in [0.1, 0.15) is 6.73 Å². The summed E-state index contributed by atoms with van der Waals surface area (Å²) < 4.78 is 29.8. The number of nitrogen functional groups attached to an aromatic ring is 1. The quantitative estimate of drug-likeness (QED) is 0.0870. The number of nitrogens with zero attached hydrogens (tertiary/aromatic N) is 3. The fourth-order valence-corrected chi connectivity index (χ4v) is 5.41. The average molecular weight is 586 g/mol. The molecule has 2 rings (SSSR count). The van der Waals surface area contributed by atoms with E-state index in [0.717, 1.165) is 12.8 Å². The molecular formula is C28H52N5O6P. The molecule has 40 heavy (non-hydrogen) atoms. The number of hydrogen-bond acceptors (Lipinski definition) is 8. The van der Waals surface area contributed by atoms with E-state index in [9.17, 15) is 14.3 Å². The minimum atomic E-state index is -3.78. The lowest BCUT2D eigenvalue weighted by molar-refractivity contribution is 0.0801. The summed E-state index contributed by atoms with van der Waals surface area (Å²) in [4.78, 5) is 32.2. The van der Waals surface area contributed by atoms with Gasteiger partial charge in [0.2, 0.25) is 5.95 Å². The van der Waals surface area contributed by atoms with Crippen LogP contribution >= 0.6 is 7.60 Å². The number of unbranched alkanes of at least 4 members (excludes halogenated alkanes) is 15. The molecule has 0 radical (unpaired) electrons. The highest BCUT2D eigenvalue weighted by atomic mass is 31.2. The number of ether oxygens (including phenoxy) is 2. The molecule has 230 valence electrons. The van der Waals surface area contributed by atoms with E-state index in [1.54, 1.807) is 0 Å². The van der Waals surface area contributed by atoms with Gasteiger partial charge < -0.3 is 24.6 Å². The third-order valence-electron chi connectivity index (χ3n) is 6.90. The molecule has 0 aromatic carbocycles. The van der Waals surface area contributed by atoms with Crippen molar-refractivity contribution in [3.63, 3.8) is 0 Å². The Morgan fingerprint density at radius 1 is 0.850 bits per heavy atom. The Morgan fingerprint density at radius 2 is 1.43 bits per heavy atom. The molecule has 0 saturated heterocycles. The van der Waals surface area contributed by atoms with Crippen LogP contribution in [-0.2, 0) is 25.3 Å². The Morgan fingerprint density at radius 3 is 2.02 bits per heavy atom. The lowest BCUT2D eigenvalue weighted by Crippen LogP contribution is -2.13. The number of nitrogens with one attached hydrogen (secondary N) is 1. The summed E-state index contributed by atoms with van der Waals surface area (Å²) in [5, 5.41) is 0. The van der Waals surface area contributed by atoms with Crippen LogP contribution in [0.15, 0.2) is 11.1 Å². The first-order valence-electron chi connectivity index (χ1n) is 15.3. The van der Waals surface area contributed by atoms with E-state index in [-0.39, 0.29) is 49.8 Å². The number of nitrogens with two attached hydrogens (primary N) is 1. The van der Waals surface area contributed by atoms with Crippen LogP contribution in [0, 0.1) is 0 Å². The number of aromatic amines is 1. The van der Waals surface area contributed by atoms with Gasteiger partial charge in [-0.05, 0) is 6.42 Å². The second kappa shape index (κ2) is 21.0. The molecule has 2 heterocycles. The standard InChI is InChI=1S/C28H52N5O6P/c1-2-3-4-5-6-7-8-9-10-11-12-13-14-15-16-17-18-37-19-20-39-40(35,36)22-21-38-24-33-23-30-25-26(33)31-28(29)32-27(25)34/h23H,2-22,24H2,1H3,(H,35,36)(H3,29,31,32,34). The molecule has 0 fully saturated rings. The van der Waals surface area contributed by atoms with Gasteiger partial charge in [-0.1, -0.05) is 103 Å². The van der Waals surface area contributed by atoms with E-state index in [4.69, 9.17) is 19.7 Å². The van der Waals surface area contributed by atoms with Gasteiger partial charge in [-0.3, -0.25) is 18.9 Å². The van der Waals surface area contributed by atoms with E-state index < -0.39 is 13.2 Å². The predicted molar refractivity (Wildman–Crippen MR) is 160 cm³/mol. The molecule has 1 atom stereocenters. The molecule has 11 nitrogen and oxygen atoms in total. The van der Waals surface area contributed by atoms with Gasteiger partial charge in [-0.15, -0.1) is 0 Å². The first kappa shape index (κ1) is 34.4. The van der Waals surface area contributed by atoms with Gasteiger partial charge in [0, 0.05) is 6.61 Å². The molecule has 0 aliphatic carbocycles. The number of imidazole rings is 1. The Balaban J connectivity index is 1.35. The van der Waals surface area contributed by atoms with Gasteiger partial charge in [-0.25, -0.2) is 4.98 Å². The minimum Gasteiger partial charge on any atom is -0.379 e. The molecule has 2 aromatic rings. The summed E-state index contributed by atoms with van der Waals surface area (Å²) in [7, 11) is -3.78. The second-order valence-electron chi connectivity index (χ2n) is 10.5. The Hall–Kier alpha value is -1.78. The third-order valence-corrected chi connectivity index (χ3v) is 8.24. The van der Waals surface area contributed by atoms with E-state index >= 15 is 0 Å². The van der Waals surface area contributed by atoms with Crippen molar-refractivity contribution >= 4 is 24.7 Å². The summed E-state index contributed by atoms with van der Waals surface area (Å²) in [5.74, 6) is -0.0236. The maximum absolute atomic E-state index is 12.2. The number of fused-ring (bicyclic) bond motifs is 1. The zero-order valence-electron chi connectivity index (χ0n) is 24.5. The van der Waals surface area contributed by atoms with Crippen molar-refractivity contribution < 1.29 is 23.5 Å². The zero-order chi connectivity index (χ0) is 28.9. The number of H-pyrrole nitrogens is 1. The van der Waals surface area contributed by atoms with Gasteiger partial charge in [0.15, 0.2) is 11.2 Å². The molecule has 1 unspecified atom stereocenters. The van der Waals surface area contributed by atoms with Gasteiger partial charge in [0.05, 0.1) is 32.3 Å². The number of hydrogen-bond donors (Lipinski definition) is 3. The highest BCUT2D eigenvalue weighted by Crippen LogP contribution is 2.41. The van der Waals surface area contributed by atoms with Crippen molar-refractivity contribution in [3.05, 3.63) is 16.7 Å². The van der Waals surface area contributed by atoms with Crippen LogP contribution in [0.25, 0.3) is 11.2 Å². The topological polar surface area (TPSA) is 155 Å². The van der Waals surface area contributed by atoms with E-state index in [2.05, 4.69) is 21.9 Å². The fraction of sp³-hybridized carbons (Fsp3) is 0.821. The smallest absolute Gasteiger partial charge is 0.330 e. The van der Waals surface area contributed by atoms with Crippen LogP contribution < -0.4 is 11.3 Å². The van der Waals surface area contributed by atoms with Crippen molar-refractivity contribution in [2.45, 2.75) is 116 Å². The maximum Gasteiger partial charge on any atom is 0.330 e. The molecule has 0 bridgehead atoms. The minimum absolute atomic E-state index is 0.00776. The molecular weight excluding hydrogens is 533 g/mol. The molecule has 0 spiro atoms. The summed E-state index contributed by atoms with van der Waals surface area (Å²) >= 11 is 0. The van der Waals surface area contributed by atoms with Crippen molar-refractivity contribution in [1.29, 1.82) is 0 Å². The zero-order valence-corrected chi connectivity index (χ0v) is 25.4. The average Bonchev–Trinajstić information content (AvgIpc) is 3.33. The molecule has 2 aromatic heterocycles. The van der Waals surface area contributed by atoms with Crippen molar-refractivity contribution in [1.82, 2.24) is 19.5 Å². The molecule has 0 saturated carbocycles. The fourth-order valence-electron chi connectivity index (χ4n) is 4.57. The van der Waals surface area contributed by atoms with Crippen molar-refractivity contribution in [2.24, 2.45) is 0 Å². The summed E-state index contributed by atoms with van der Waals surface area (Å²) in [5.41, 5.74) is 5.56. The number of rotatable bonds is 26. The highest BCUT2D eigenvalue weighted by Gasteiger charge is 2.19. The van der Waals surface area contributed by atoms with Crippen LogP contribution in [0.5, 0.6) is 0 Å². The van der Waals surface area contributed by atoms with Crippen LogP contribution in [0.3, 0.4) is 0 Å². The van der Waals surface area contributed by atoms with Gasteiger partial charge >= 0.3 is 7.60 Å². The lowest BCUT2D eigenvalue weighted by atomic mass is 10.0. The summed E-state index contributed by atoms with van der Waals surface area (Å²) in [6.45, 7) is 3.25. The normalized spacial score (nSPS) is 13.2. The SMILES string of the molecule is CCCCCCCCCCCCCCCCCCOCCOP(=O)(O)CCOCn1cnc2c(=O)[nH]c(N)nc21. The van der Waals surface area contributed by atoms with Crippen LogP contribution in [-0.4, -0.2) is 57.0 Å². The summed E-state index contributed by atoms with van der Waals surface area (Å²) in [6.07, 6.45) is 22.5. The molecule has 4 N–H and O–H groups in total. The first-order chi connectivity index (χ1) is 19.4. The predicted octanol–water partition coefficient (Wildman–Crippen LogP) is 6.16. The monoisotopic (exact) mass is 585 g/mol. The highest BCUT2D eigenvalue weighted by molar-refractivity contribution is 7.52. The first-order valence-corrected chi connectivity index (χ1v) is 17.0. The lowest BCUT2D eigenvalue weighted by Gasteiger charge is -2.13. The Labute approximate surface area is 239 Å².